The molecular weight excluding hydrogens is 232 g/mol. The highest BCUT2D eigenvalue weighted by molar-refractivity contribution is 5.87. The smallest absolute Gasteiger partial charge is 0.333 e. The highest BCUT2D eigenvalue weighted by Crippen LogP contribution is 2.58. The van der Waals surface area contributed by atoms with Crippen LogP contribution < -0.4 is 0 Å². The van der Waals surface area contributed by atoms with Crippen molar-refractivity contribution in [3.05, 3.63) is 12.2 Å². The summed E-state index contributed by atoms with van der Waals surface area (Å²) < 4.78 is 10.7. The number of hydrogen-bond donors (Lipinski definition) is 0. The number of fused-ring (bicyclic) bond motifs is 5. The van der Waals surface area contributed by atoms with E-state index in [1.165, 1.54) is 0 Å². The number of rotatable bonds is 2. The number of carbonyl (C=O) groups is 2. The Bertz CT molecular complexity index is 428. The first-order chi connectivity index (χ1) is 8.50. The summed E-state index contributed by atoms with van der Waals surface area (Å²) in [5, 5.41) is 0. The molecule has 3 rings (SSSR count). The lowest BCUT2D eigenvalue weighted by Gasteiger charge is -2.33. The Morgan fingerprint density at radius 1 is 1.39 bits per heavy atom. The van der Waals surface area contributed by atoms with Crippen molar-refractivity contribution in [1.82, 2.24) is 0 Å². The van der Waals surface area contributed by atoms with Gasteiger partial charge in [-0.05, 0) is 25.2 Å². The van der Waals surface area contributed by atoms with Crippen molar-refractivity contribution in [2.45, 2.75) is 26.4 Å². The van der Waals surface area contributed by atoms with Crippen LogP contribution >= 0.6 is 0 Å². The number of esters is 2. The third kappa shape index (κ3) is 1.44. The van der Waals surface area contributed by atoms with E-state index in [-0.39, 0.29) is 29.9 Å². The second kappa shape index (κ2) is 3.84. The molecule has 0 aromatic carbocycles. The van der Waals surface area contributed by atoms with Crippen LogP contribution in [0.3, 0.4) is 0 Å². The van der Waals surface area contributed by atoms with Gasteiger partial charge in [0.1, 0.15) is 6.10 Å². The maximum Gasteiger partial charge on any atom is 0.333 e. The highest BCUT2D eigenvalue weighted by Gasteiger charge is 2.63. The van der Waals surface area contributed by atoms with Crippen molar-refractivity contribution in [3.63, 3.8) is 0 Å². The third-order valence-corrected chi connectivity index (χ3v) is 4.91. The molecule has 18 heavy (non-hydrogen) atoms. The van der Waals surface area contributed by atoms with E-state index in [2.05, 4.69) is 13.5 Å². The molecule has 0 radical (unpaired) electrons. The van der Waals surface area contributed by atoms with Gasteiger partial charge in [-0.1, -0.05) is 13.5 Å². The first-order valence-electron chi connectivity index (χ1n) is 6.54. The monoisotopic (exact) mass is 250 g/mol. The van der Waals surface area contributed by atoms with Gasteiger partial charge in [0.25, 0.3) is 0 Å². The van der Waals surface area contributed by atoms with E-state index in [4.69, 9.17) is 9.47 Å². The molecule has 98 valence electrons. The zero-order chi connectivity index (χ0) is 13.0. The summed E-state index contributed by atoms with van der Waals surface area (Å²) in [5.74, 6) is 0.765. The van der Waals surface area contributed by atoms with Gasteiger partial charge in [-0.15, -0.1) is 0 Å². The molecule has 2 saturated carbocycles. The number of ether oxygens (including phenoxy) is 2. The van der Waals surface area contributed by atoms with Crippen LogP contribution in [0.25, 0.3) is 0 Å². The lowest BCUT2D eigenvalue weighted by Crippen LogP contribution is -2.40. The molecule has 0 aromatic heterocycles. The molecule has 3 aliphatic rings. The molecule has 2 bridgehead atoms. The Morgan fingerprint density at radius 3 is 2.78 bits per heavy atom. The molecule has 0 aromatic rings. The molecule has 6 atom stereocenters. The second-order valence-electron chi connectivity index (χ2n) is 5.89. The fourth-order valence-electron chi connectivity index (χ4n) is 4.07. The van der Waals surface area contributed by atoms with Crippen molar-refractivity contribution in [2.75, 3.05) is 6.61 Å². The Kier molecular flexibility index (Phi) is 2.50. The summed E-state index contributed by atoms with van der Waals surface area (Å²) in [4.78, 5) is 23.4. The van der Waals surface area contributed by atoms with Crippen LogP contribution in [0.5, 0.6) is 0 Å². The molecule has 0 N–H and O–H groups in total. The standard InChI is InChI=1S/C14H18O4/c1-6(2)13(15)18-12-7(3)8-4-9(12)11-10(8)5-17-14(11)16/h7-12H,1,4-5H2,2-3H3. The van der Waals surface area contributed by atoms with E-state index in [1.807, 2.05) is 0 Å². The van der Waals surface area contributed by atoms with Crippen LogP contribution in [-0.4, -0.2) is 24.6 Å². The minimum atomic E-state index is -0.345. The van der Waals surface area contributed by atoms with Gasteiger partial charge in [0.05, 0.1) is 12.5 Å². The lowest BCUT2D eigenvalue weighted by molar-refractivity contribution is -0.155. The Balaban J connectivity index is 1.80. The largest absolute Gasteiger partial charge is 0.465 e. The quantitative estimate of drug-likeness (QED) is 0.551. The van der Waals surface area contributed by atoms with Crippen LogP contribution in [0.2, 0.25) is 0 Å². The summed E-state index contributed by atoms with van der Waals surface area (Å²) in [6, 6.07) is 0. The van der Waals surface area contributed by atoms with Gasteiger partial charge in [-0.3, -0.25) is 4.79 Å². The van der Waals surface area contributed by atoms with E-state index in [9.17, 15) is 9.59 Å². The average Bonchev–Trinajstić information content (AvgIpc) is 2.94. The molecule has 1 saturated heterocycles. The van der Waals surface area contributed by atoms with E-state index in [0.29, 0.717) is 29.9 Å². The van der Waals surface area contributed by atoms with Crippen LogP contribution in [0.15, 0.2) is 12.2 Å². The van der Waals surface area contributed by atoms with Crippen molar-refractivity contribution in [1.29, 1.82) is 0 Å². The van der Waals surface area contributed by atoms with Gasteiger partial charge in [-0.25, -0.2) is 4.79 Å². The minimum Gasteiger partial charge on any atom is -0.465 e. The first-order valence-corrected chi connectivity index (χ1v) is 6.54. The average molecular weight is 250 g/mol. The summed E-state index contributed by atoms with van der Waals surface area (Å²) in [6.45, 7) is 7.91. The summed E-state index contributed by atoms with van der Waals surface area (Å²) in [6.07, 6.45) is 0.839. The molecule has 0 amide bonds. The molecule has 2 aliphatic carbocycles. The zero-order valence-electron chi connectivity index (χ0n) is 10.7. The van der Waals surface area contributed by atoms with Crippen molar-refractivity contribution in [3.8, 4) is 0 Å². The molecule has 4 nitrogen and oxygen atoms in total. The molecule has 6 unspecified atom stereocenters. The second-order valence-corrected chi connectivity index (χ2v) is 5.89. The van der Waals surface area contributed by atoms with Gasteiger partial charge in [0.15, 0.2) is 0 Å². The lowest BCUT2D eigenvalue weighted by atomic mass is 9.74. The Hall–Kier alpha value is -1.32. The van der Waals surface area contributed by atoms with Crippen LogP contribution in [-0.2, 0) is 19.1 Å². The van der Waals surface area contributed by atoms with E-state index < -0.39 is 0 Å². The van der Waals surface area contributed by atoms with Crippen molar-refractivity contribution in [2.24, 2.45) is 29.6 Å². The van der Waals surface area contributed by atoms with Gasteiger partial charge < -0.3 is 9.47 Å². The zero-order valence-corrected chi connectivity index (χ0v) is 10.7. The minimum absolute atomic E-state index is 0.0471. The normalized spacial score (nSPS) is 44.7. The number of cyclic esters (lactones) is 1. The fraction of sp³-hybridized carbons (Fsp3) is 0.714. The molecule has 1 heterocycles. The van der Waals surface area contributed by atoms with Gasteiger partial charge in [0, 0.05) is 17.4 Å². The topological polar surface area (TPSA) is 52.6 Å². The maximum absolute atomic E-state index is 11.7. The summed E-state index contributed by atoms with van der Waals surface area (Å²) in [5.41, 5.74) is 0.413. The SMILES string of the molecule is C=C(C)C(=O)OC1C(C)C2CC1C1C(=O)OCC21. The van der Waals surface area contributed by atoms with E-state index >= 15 is 0 Å². The number of hydrogen-bond acceptors (Lipinski definition) is 4. The van der Waals surface area contributed by atoms with Crippen LogP contribution in [0.1, 0.15) is 20.3 Å². The summed E-state index contributed by atoms with van der Waals surface area (Å²) in [7, 11) is 0. The van der Waals surface area contributed by atoms with Crippen LogP contribution in [0.4, 0.5) is 0 Å². The molecular formula is C14H18O4. The fourth-order valence-corrected chi connectivity index (χ4v) is 4.07. The first kappa shape index (κ1) is 11.8. The van der Waals surface area contributed by atoms with Crippen LogP contribution in [0, 0.1) is 29.6 Å². The highest BCUT2D eigenvalue weighted by atomic mass is 16.6. The van der Waals surface area contributed by atoms with Crippen molar-refractivity contribution < 1.29 is 19.1 Å². The molecule has 3 fully saturated rings. The Labute approximate surface area is 106 Å². The van der Waals surface area contributed by atoms with Gasteiger partial charge in [-0.2, -0.15) is 0 Å². The van der Waals surface area contributed by atoms with Gasteiger partial charge >= 0.3 is 11.9 Å². The van der Waals surface area contributed by atoms with Gasteiger partial charge in [0.2, 0.25) is 0 Å². The summed E-state index contributed by atoms with van der Waals surface area (Å²) >= 11 is 0. The third-order valence-electron chi connectivity index (χ3n) is 4.91. The predicted octanol–water partition coefficient (Wildman–Crippen LogP) is 1.55. The van der Waals surface area contributed by atoms with E-state index in [1.54, 1.807) is 6.92 Å². The molecule has 1 aliphatic heterocycles. The molecule has 0 spiro atoms. The van der Waals surface area contributed by atoms with Crippen molar-refractivity contribution >= 4 is 11.9 Å². The number of carbonyl (C=O) groups excluding carboxylic acids is 2. The molecule has 4 heteroatoms. The van der Waals surface area contributed by atoms with E-state index in [0.717, 1.165) is 6.42 Å². The maximum atomic E-state index is 11.7. The Morgan fingerprint density at radius 2 is 2.11 bits per heavy atom. The predicted molar refractivity (Wildman–Crippen MR) is 63.4 cm³/mol.